The van der Waals surface area contributed by atoms with E-state index in [-0.39, 0.29) is 6.61 Å². The molecule has 0 aliphatic heterocycles. The van der Waals surface area contributed by atoms with Crippen molar-refractivity contribution in [3.63, 3.8) is 0 Å². The highest BCUT2D eigenvalue weighted by molar-refractivity contribution is 9.12. The normalized spacial score (nSPS) is 12.3. The van der Waals surface area contributed by atoms with Crippen LogP contribution >= 0.6 is 15.9 Å². The van der Waals surface area contributed by atoms with Gasteiger partial charge in [0.25, 0.3) is 0 Å². The second kappa shape index (κ2) is 11.2. The van der Waals surface area contributed by atoms with Gasteiger partial charge < -0.3 is 10.4 Å². The first-order chi connectivity index (χ1) is 13.5. The summed E-state index contributed by atoms with van der Waals surface area (Å²) in [4.78, 5) is 8.55. The maximum Gasteiger partial charge on any atom is 0.124 e. The fourth-order valence-corrected chi connectivity index (χ4v) is 2.56. The van der Waals surface area contributed by atoms with Gasteiger partial charge in [0.05, 0.1) is 18.5 Å². The molecule has 2 rings (SSSR count). The third-order valence-corrected chi connectivity index (χ3v) is 4.10. The lowest BCUT2D eigenvalue weighted by Gasteiger charge is -2.20. The average Bonchev–Trinajstić information content (AvgIpc) is 2.73. The Kier molecular flexibility index (Phi) is 8.58. The summed E-state index contributed by atoms with van der Waals surface area (Å²) in [6.07, 6.45) is 7.07. The van der Waals surface area contributed by atoms with Crippen LogP contribution in [0.4, 0.5) is 0 Å². The number of aromatic nitrogens is 1. The van der Waals surface area contributed by atoms with Crippen molar-refractivity contribution in [2.45, 2.75) is 13.2 Å². The second-order valence-corrected chi connectivity index (χ2v) is 6.90. The molecule has 146 valence electrons. The lowest BCUT2D eigenvalue weighted by Crippen LogP contribution is -2.26. The van der Waals surface area contributed by atoms with Gasteiger partial charge in [0.1, 0.15) is 5.82 Å². The van der Waals surface area contributed by atoms with Crippen LogP contribution in [0.2, 0.25) is 0 Å². The largest absolute Gasteiger partial charge is 0.392 e. The first-order valence-electron chi connectivity index (χ1n) is 8.67. The summed E-state index contributed by atoms with van der Waals surface area (Å²) in [5, 5.41) is 19.1. The average molecular weight is 442 g/mol. The zero-order valence-corrected chi connectivity index (χ0v) is 17.6. The summed E-state index contributed by atoms with van der Waals surface area (Å²) in [7, 11) is 3.56. The van der Waals surface area contributed by atoms with E-state index >= 15 is 0 Å². The number of nitrogens with zero attached hydrogens (tertiary/aromatic N) is 4. The van der Waals surface area contributed by atoms with Crippen LogP contribution in [0.3, 0.4) is 0 Å². The number of pyridine rings is 1. The van der Waals surface area contributed by atoms with Crippen LogP contribution in [-0.2, 0) is 13.2 Å². The molecule has 7 heteroatoms. The molecule has 0 spiro atoms. The van der Waals surface area contributed by atoms with Crippen molar-refractivity contribution in [2.75, 3.05) is 14.1 Å². The highest BCUT2D eigenvalue weighted by Gasteiger charge is 2.10. The maximum absolute atomic E-state index is 9.66. The van der Waals surface area contributed by atoms with Gasteiger partial charge in [-0.3, -0.25) is 15.0 Å². The first kappa shape index (κ1) is 21.5. The van der Waals surface area contributed by atoms with E-state index in [9.17, 15) is 5.11 Å². The number of nitrogens with one attached hydrogen (secondary N) is 1. The Morgan fingerprint density at radius 2 is 2.11 bits per heavy atom. The third kappa shape index (κ3) is 6.44. The van der Waals surface area contributed by atoms with Gasteiger partial charge in [0, 0.05) is 49.2 Å². The van der Waals surface area contributed by atoms with E-state index in [1.807, 2.05) is 55.7 Å². The number of rotatable bonds is 9. The fraction of sp³-hybridized carbons (Fsp3) is 0.190. The molecule has 0 aliphatic carbocycles. The van der Waals surface area contributed by atoms with Crippen LogP contribution in [0.1, 0.15) is 16.7 Å². The minimum Gasteiger partial charge on any atom is -0.392 e. The number of aliphatic imine (C=N–C) groups is 1. The quantitative estimate of drug-likeness (QED) is 0.461. The van der Waals surface area contributed by atoms with E-state index < -0.39 is 0 Å². The van der Waals surface area contributed by atoms with E-state index in [1.165, 1.54) is 0 Å². The lowest BCUT2D eigenvalue weighted by atomic mass is 10.0. The monoisotopic (exact) mass is 441 g/mol. The molecular weight excluding hydrogens is 418 g/mol. The molecule has 28 heavy (non-hydrogen) atoms. The van der Waals surface area contributed by atoms with Gasteiger partial charge >= 0.3 is 0 Å². The number of allylic oxidation sites excluding steroid dienone is 2. The number of aliphatic hydroxyl groups is 1. The molecule has 0 saturated carbocycles. The van der Waals surface area contributed by atoms with Crippen molar-refractivity contribution in [3.05, 3.63) is 88.4 Å². The van der Waals surface area contributed by atoms with Crippen molar-refractivity contribution in [1.29, 1.82) is 0 Å². The van der Waals surface area contributed by atoms with Crippen LogP contribution in [-0.4, -0.2) is 41.1 Å². The smallest absolute Gasteiger partial charge is 0.124 e. The number of hydrogen-bond acceptors (Lipinski definition) is 6. The van der Waals surface area contributed by atoms with Crippen LogP contribution in [0.15, 0.2) is 81.8 Å². The predicted octanol–water partition coefficient (Wildman–Crippen LogP) is 3.45. The summed E-state index contributed by atoms with van der Waals surface area (Å²) >= 11 is 3.28. The Morgan fingerprint density at radius 1 is 1.32 bits per heavy atom. The maximum atomic E-state index is 9.66. The molecule has 0 atom stereocenters. The van der Waals surface area contributed by atoms with Crippen LogP contribution in [0, 0.1) is 0 Å². The predicted molar refractivity (Wildman–Crippen MR) is 118 cm³/mol. The highest BCUT2D eigenvalue weighted by Crippen LogP contribution is 2.13. The minimum absolute atomic E-state index is 0.0567. The first-order valence-corrected chi connectivity index (χ1v) is 9.47. The molecule has 0 aliphatic rings. The van der Waals surface area contributed by atoms with E-state index in [2.05, 4.69) is 42.9 Å². The molecule has 0 unspecified atom stereocenters. The molecule has 2 N–H and O–H groups in total. The number of halogens is 1. The summed E-state index contributed by atoms with van der Waals surface area (Å²) in [6, 6.07) is 11.5. The van der Waals surface area contributed by atoms with E-state index in [0.29, 0.717) is 11.0 Å². The van der Waals surface area contributed by atoms with Crippen molar-refractivity contribution < 1.29 is 5.11 Å². The molecule has 1 aromatic heterocycles. The van der Waals surface area contributed by atoms with Gasteiger partial charge in [-0.1, -0.05) is 36.9 Å². The molecule has 1 heterocycles. The number of hydrogen-bond donors (Lipinski definition) is 2. The Bertz CT molecular complexity index is 877. The Balaban J connectivity index is 2.35. The molecule has 0 saturated heterocycles. The SMILES string of the molecule is C=C(Br)/C=N\N(C)/C(=C\C(=N/C)c1ccccc1CO)NCc1cccnc1. The number of hydrazone groups is 1. The Hall–Kier alpha value is -2.77. The van der Waals surface area contributed by atoms with Gasteiger partial charge in [-0.25, -0.2) is 0 Å². The van der Waals surface area contributed by atoms with Crippen molar-refractivity contribution in [3.8, 4) is 0 Å². The number of aliphatic hydroxyl groups excluding tert-OH is 1. The van der Waals surface area contributed by atoms with Crippen molar-refractivity contribution in [2.24, 2.45) is 10.1 Å². The van der Waals surface area contributed by atoms with Gasteiger partial charge in [-0.15, -0.1) is 0 Å². The zero-order chi connectivity index (χ0) is 20.4. The highest BCUT2D eigenvalue weighted by atomic mass is 79.9. The topological polar surface area (TPSA) is 73.1 Å². The molecule has 0 radical (unpaired) electrons. The third-order valence-electron chi connectivity index (χ3n) is 3.89. The standard InChI is InChI=1S/C21H24BrN5O/c1-16(22)12-26-27(3)21(25-14-17-7-6-10-24-13-17)11-20(23-2)19-9-5-4-8-18(19)15-28/h4-13,25,28H,1,14-15H2,2-3H3/b21-11-,23-20+,26-12-. The molecule has 0 amide bonds. The van der Waals surface area contributed by atoms with Crippen LogP contribution < -0.4 is 5.32 Å². The molecule has 0 bridgehead atoms. The Labute approximate surface area is 174 Å². The summed E-state index contributed by atoms with van der Waals surface area (Å²) in [5.74, 6) is 0.738. The van der Waals surface area contributed by atoms with Gasteiger partial charge in [-0.05, 0) is 33.1 Å². The lowest BCUT2D eigenvalue weighted by molar-refractivity contribution is 0.281. The van der Waals surface area contributed by atoms with Crippen LogP contribution in [0.5, 0.6) is 0 Å². The van der Waals surface area contributed by atoms with E-state index in [1.54, 1.807) is 24.5 Å². The summed E-state index contributed by atoms with van der Waals surface area (Å²) in [5.41, 5.74) is 3.46. The number of benzene rings is 1. The Morgan fingerprint density at radius 3 is 2.75 bits per heavy atom. The molecule has 1 aromatic carbocycles. The van der Waals surface area contributed by atoms with Crippen molar-refractivity contribution in [1.82, 2.24) is 15.3 Å². The molecule has 6 nitrogen and oxygen atoms in total. The molecule has 0 fully saturated rings. The van der Waals surface area contributed by atoms with E-state index in [4.69, 9.17) is 0 Å². The van der Waals surface area contributed by atoms with E-state index in [0.717, 1.165) is 28.2 Å². The minimum atomic E-state index is -0.0567. The van der Waals surface area contributed by atoms with Crippen LogP contribution in [0.25, 0.3) is 0 Å². The van der Waals surface area contributed by atoms with Gasteiger partial charge in [0.2, 0.25) is 0 Å². The summed E-state index contributed by atoms with van der Waals surface area (Å²) < 4.78 is 0.668. The summed E-state index contributed by atoms with van der Waals surface area (Å²) in [6.45, 7) is 4.29. The van der Waals surface area contributed by atoms with Gasteiger partial charge in [0.15, 0.2) is 0 Å². The fourth-order valence-electron chi connectivity index (χ4n) is 2.47. The van der Waals surface area contributed by atoms with Crippen molar-refractivity contribution >= 4 is 27.9 Å². The second-order valence-electron chi connectivity index (χ2n) is 5.88. The molecular formula is C21H24BrN5O. The van der Waals surface area contributed by atoms with Gasteiger partial charge in [-0.2, -0.15) is 5.10 Å². The molecule has 2 aromatic rings. The zero-order valence-electron chi connectivity index (χ0n) is 16.0.